The summed E-state index contributed by atoms with van der Waals surface area (Å²) in [5, 5.41) is 10.1. The Kier molecular flexibility index (Phi) is 13.0. The third-order valence-electron chi connectivity index (χ3n) is 9.87. The molecule has 5 aromatic carbocycles. The van der Waals surface area contributed by atoms with Crippen molar-refractivity contribution in [3.8, 4) is 5.75 Å². The second-order valence-corrected chi connectivity index (χ2v) is 20.1. The molecule has 0 radical (unpaired) electrons. The molecular formula is C44H51ClN5OP. The number of aliphatic imine (C=N–C) groups is 2. The molecule has 1 aliphatic heterocycles. The van der Waals surface area contributed by atoms with Gasteiger partial charge in [-0.25, -0.2) is 4.99 Å². The van der Waals surface area contributed by atoms with E-state index >= 15 is 0 Å². The van der Waals surface area contributed by atoms with Gasteiger partial charge in [-0.2, -0.15) is 0 Å². The first-order valence-electron chi connectivity index (χ1n) is 18.6. The van der Waals surface area contributed by atoms with Crippen molar-refractivity contribution in [2.24, 2.45) is 15.7 Å². The third-order valence-corrected chi connectivity index (χ3v) is 17.4. The number of ether oxygens (including phenoxy) is 1. The molecule has 0 aromatic heterocycles. The zero-order valence-electron chi connectivity index (χ0n) is 29.9. The van der Waals surface area contributed by atoms with Gasteiger partial charge in [-0.1, -0.05) is 42.5 Å². The number of guanidine groups is 2. The van der Waals surface area contributed by atoms with E-state index in [1.807, 2.05) is 42.5 Å². The average Bonchev–Trinajstić information content (AvgIpc) is 3.20. The van der Waals surface area contributed by atoms with Crippen LogP contribution in [0, 0.1) is 0 Å². The van der Waals surface area contributed by atoms with Crippen LogP contribution in [-0.2, 0) is 6.42 Å². The maximum atomic E-state index is 8.21. The monoisotopic (exact) mass is 731 g/mol. The van der Waals surface area contributed by atoms with E-state index in [9.17, 15) is 0 Å². The molecule has 0 fully saturated rings. The summed E-state index contributed by atoms with van der Waals surface area (Å²) < 4.78 is 6.08. The number of halogens is 1. The SMILES string of the molecule is NC1=NC(c2ccc(OCCCCCCCCCP(Cl)(c3ccccc3)(c3ccccc3)c3ccccc3)cc2)NC(=NCCc2ccccc2)N1. The minimum atomic E-state index is -3.16. The molecule has 0 spiro atoms. The minimum Gasteiger partial charge on any atom is -0.330 e. The summed E-state index contributed by atoms with van der Waals surface area (Å²) in [6.45, 7) is 1.36. The molecule has 1 unspecified atom stereocenters. The van der Waals surface area contributed by atoms with Crippen LogP contribution in [0.25, 0.3) is 0 Å². The van der Waals surface area contributed by atoms with E-state index in [4.69, 9.17) is 21.7 Å². The Morgan fingerprint density at radius 3 is 1.69 bits per heavy atom. The maximum absolute atomic E-state index is 8.21. The van der Waals surface area contributed by atoms with Crippen molar-refractivity contribution >= 4 is 45.0 Å². The molecule has 52 heavy (non-hydrogen) atoms. The molecule has 5 aromatic rings. The standard InChI is InChI=1S/C44H51ClN5OP/c45-52(39-22-12-7-13-23-39,40-24-14-8-15-25-40,41-26-16-9-17-27-41)35-19-5-3-1-2-4-18-34-51-38-30-28-37(29-31-38)42-48-43(46)50-44(49-42)47-33-32-36-20-10-6-11-21-36/h6-17,20-31,42H,1-5,18-19,32-35H2,(H4,46,47,48,49,50). The van der Waals surface area contributed by atoms with E-state index in [2.05, 4.69) is 124 Å². The summed E-state index contributed by atoms with van der Waals surface area (Å²) >= 11 is 8.21. The fourth-order valence-corrected chi connectivity index (χ4v) is 13.3. The molecule has 0 amide bonds. The van der Waals surface area contributed by atoms with Crippen molar-refractivity contribution in [1.82, 2.24) is 10.6 Å². The fraction of sp³-hybridized carbons (Fsp3) is 0.273. The minimum absolute atomic E-state index is 0.297. The fourth-order valence-electron chi connectivity index (χ4n) is 7.06. The normalized spacial score (nSPS) is 15.9. The van der Waals surface area contributed by atoms with Gasteiger partial charge in [0, 0.05) is 6.54 Å². The van der Waals surface area contributed by atoms with Crippen molar-refractivity contribution in [1.29, 1.82) is 0 Å². The van der Waals surface area contributed by atoms with E-state index in [1.165, 1.54) is 47.2 Å². The first kappa shape index (κ1) is 37.1. The van der Waals surface area contributed by atoms with Crippen LogP contribution in [0.2, 0.25) is 0 Å². The van der Waals surface area contributed by atoms with Gasteiger partial charge in [-0.15, -0.1) is 0 Å². The van der Waals surface area contributed by atoms with Crippen LogP contribution in [-0.4, -0.2) is 31.2 Å². The molecule has 1 aliphatic rings. The quantitative estimate of drug-likeness (QED) is 0.0623. The van der Waals surface area contributed by atoms with Crippen LogP contribution in [0.3, 0.4) is 0 Å². The van der Waals surface area contributed by atoms with E-state index in [0.717, 1.165) is 43.2 Å². The van der Waals surface area contributed by atoms with Crippen molar-refractivity contribution in [2.45, 2.75) is 57.5 Å². The zero-order valence-corrected chi connectivity index (χ0v) is 31.6. The smallest absolute Gasteiger partial charge is 0.330 e. The molecule has 8 heteroatoms. The van der Waals surface area contributed by atoms with Crippen molar-refractivity contribution < 1.29 is 4.74 Å². The Balaban J connectivity index is 0.923. The molecule has 4 N–H and O–H groups in total. The molecule has 1 atom stereocenters. The molecule has 0 bridgehead atoms. The Morgan fingerprint density at radius 2 is 1.13 bits per heavy atom. The van der Waals surface area contributed by atoms with Crippen molar-refractivity contribution in [3.63, 3.8) is 0 Å². The second-order valence-electron chi connectivity index (χ2n) is 13.5. The Hall–Kier alpha value is -4.64. The zero-order chi connectivity index (χ0) is 35.9. The number of nitrogens with one attached hydrogen (secondary N) is 2. The summed E-state index contributed by atoms with van der Waals surface area (Å²) in [5.41, 5.74) is 8.34. The molecule has 1 heterocycles. The molecule has 0 saturated carbocycles. The van der Waals surface area contributed by atoms with Gasteiger partial charge in [0.1, 0.15) is 0 Å². The van der Waals surface area contributed by atoms with Gasteiger partial charge in [0.15, 0.2) is 18.1 Å². The molecule has 6 rings (SSSR count). The predicted octanol–water partition coefficient (Wildman–Crippen LogP) is 8.58. The van der Waals surface area contributed by atoms with Crippen molar-refractivity contribution in [3.05, 3.63) is 157 Å². The second kappa shape index (κ2) is 18.2. The summed E-state index contributed by atoms with van der Waals surface area (Å²) in [6, 6.07) is 50.8. The molecular weight excluding hydrogens is 681 g/mol. The van der Waals surface area contributed by atoms with E-state index in [-0.39, 0.29) is 6.17 Å². The summed E-state index contributed by atoms with van der Waals surface area (Å²) in [4.78, 5) is 9.18. The van der Waals surface area contributed by atoms with Gasteiger partial charge in [0.05, 0.1) is 0 Å². The van der Waals surface area contributed by atoms with Gasteiger partial charge in [-0.3, -0.25) is 10.3 Å². The van der Waals surface area contributed by atoms with Crippen LogP contribution in [0.5, 0.6) is 5.75 Å². The number of hydrogen-bond acceptors (Lipinski definition) is 4. The van der Waals surface area contributed by atoms with E-state index in [1.54, 1.807) is 0 Å². The molecule has 0 saturated heterocycles. The van der Waals surface area contributed by atoms with E-state index < -0.39 is 5.96 Å². The summed E-state index contributed by atoms with van der Waals surface area (Å²) in [6.07, 6.45) is 9.61. The number of benzene rings is 5. The first-order valence-corrected chi connectivity index (χ1v) is 21.9. The average molecular weight is 732 g/mol. The number of nitrogens with zero attached hydrogens (tertiary/aromatic N) is 2. The Morgan fingerprint density at radius 1 is 0.635 bits per heavy atom. The van der Waals surface area contributed by atoms with Crippen LogP contribution < -0.4 is 37.0 Å². The van der Waals surface area contributed by atoms with Gasteiger partial charge in [-0.05, 0) is 17.5 Å². The topological polar surface area (TPSA) is 84.0 Å². The van der Waals surface area contributed by atoms with Gasteiger partial charge < -0.3 is 11.1 Å². The van der Waals surface area contributed by atoms with Crippen LogP contribution >= 0.6 is 17.2 Å². The van der Waals surface area contributed by atoms with Crippen molar-refractivity contribution in [2.75, 3.05) is 19.3 Å². The summed E-state index contributed by atoms with van der Waals surface area (Å²) in [7, 11) is 0. The predicted molar refractivity (Wildman–Crippen MR) is 223 cm³/mol. The number of nitrogens with two attached hydrogens (primary N) is 1. The first-order chi connectivity index (χ1) is 25.5. The Labute approximate surface area is 314 Å². The van der Waals surface area contributed by atoms with E-state index in [0.29, 0.717) is 25.1 Å². The van der Waals surface area contributed by atoms with Gasteiger partial charge in [0.25, 0.3) is 0 Å². The van der Waals surface area contributed by atoms with Crippen LogP contribution in [0.1, 0.15) is 62.2 Å². The van der Waals surface area contributed by atoms with Gasteiger partial charge >= 0.3 is 204 Å². The molecule has 270 valence electrons. The number of rotatable bonds is 18. The Bertz CT molecular complexity index is 1770. The number of hydrogen-bond donors (Lipinski definition) is 3. The molecule has 0 aliphatic carbocycles. The van der Waals surface area contributed by atoms with Crippen LogP contribution in [0.4, 0.5) is 0 Å². The number of unbranched alkanes of at least 4 members (excludes halogenated alkanes) is 6. The van der Waals surface area contributed by atoms with Crippen LogP contribution in [0.15, 0.2) is 156 Å². The third kappa shape index (κ3) is 9.23. The van der Waals surface area contributed by atoms with Gasteiger partial charge in [0.2, 0.25) is 0 Å². The molecule has 6 nitrogen and oxygen atoms in total. The summed E-state index contributed by atoms with van der Waals surface area (Å²) in [5.74, 6) is -1.31.